The molecule has 3 amide bonds. The summed E-state index contributed by atoms with van der Waals surface area (Å²) < 4.78 is 13.5. The van der Waals surface area contributed by atoms with Crippen molar-refractivity contribution < 1.29 is 18.8 Å². The zero-order valence-electron chi connectivity index (χ0n) is 13.5. The van der Waals surface area contributed by atoms with Crippen LogP contribution in [0, 0.1) is 5.82 Å². The summed E-state index contributed by atoms with van der Waals surface area (Å²) in [6, 6.07) is 12.1. The molecule has 128 valence electrons. The second-order valence-corrected chi connectivity index (χ2v) is 5.64. The Labute approximate surface area is 143 Å². The number of para-hydroxylation sites is 1. The minimum absolute atomic E-state index is 0.117. The minimum Gasteiger partial charge on any atom is -0.344 e. The van der Waals surface area contributed by atoms with Gasteiger partial charge in [0.2, 0.25) is 0 Å². The smallest absolute Gasteiger partial charge is 0.310 e. The van der Waals surface area contributed by atoms with Crippen LogP contribution >= 0.6 is 0 Å². The van der Waals surface area contributed by atoms with Crippen molar-refractivity contribution in [2.45, 2.75) is 12.6 Å². The maximum absolute atomic E-state index is 13.5. The van der Waals surface area contributed by atoms with Crippen LogP contribution in [0.5, 0.6) is 0 Å². The van der Waals surface area contributed by atoms with Gasteiger partial charge in [-0.2, -0.15) is 0 Å². The van der Waals surface area contributed by atoms with Crippen molar-refractivity contribution in [1.82, 2.24) is 10.6 Å². The maximum atomic E-state index is 13.5. The fourth-order valence-electron chi connectivity index (χ4n) is 2.72. The third kappa shape index (κ3) is 3.21. The lowest BCUT2D eigenvalue weighted by Gasteiger charge is -2.13. The lowest BCUT2D eigenvalue weighted by molar-refractivity contribution is -0.140. The van der Waals surface area contributed by atoms with Crippen molar-refractivity contribution in [3.63, 3.8) is 0 Å². The molecule has 0 aliphatic carbocycles. The Balaban J connectivity index is 1.65. The Bertz CT molecular complexity index is 853. The van der Waals surface area contributed by atoms with E-state index in [9.17, 15) is 18.8 Å². The number of nitrogens with zero attached hydrogens (tertiary/aromatic N) is 1. The van der Waals surface area contributed by atoms with Crippen LogP contribution in [-0.2, 0) is 20.9 Å². The number of fused-ring (bicyclic) bond motifs is 1. The Hall–Kier alpha value is -3.22. The maximum Gasteiger partial charge on any atom is 0.310 e. The first-order chi connectivity index (χ1) is 12.0. The number of hydrogen-bond donors (Lipinski definition) is 2. The summed E-state index contributed by atoms with van der Waals surface area (Å²) >= 11 is 0. The van der Waals surface area contributed by atoms with Crippen molar-refractivity contribution in [2.75, 3.05) is 11.9 Å². The van der Waals surface area contributed by atoms with Gasteiger partial charge in [0, 0.05) is 30.4 Å². The van der Waals surface area contributed by atoms with Crippen LogP contribution in [0.1, 0.15) is 17.2 Å². The molecule has 7 heteroatoms. The molecule has 6 nitrogen and oxygen atoms in total. The number of likely N-dealkylation sites (N-methyl/N-ethyl adjacent to an activating group) is 1. The number of nitrogens with one attached hydrogen (secondary N) is 2. The summed E-state index contributed by atoms with van der Waals surface area (Å²) in [4.78, 5) is 37.7. The Morgan fingerprint density at radius 2 is 1.76 bits per heavy atom. The van der Waals surface area contributed by atoms with E-state index in [0.717, 1.165) is 0 Å². The topological polar surface area (TPSA) is 78.5 Å². The highest BCUT2D eigenvalue weighted by molar-refractivity contribution is 6.35. The van der Waals surface area contributed by atoms with Crippen LogP contribution < -0.4 is 15.5 Å². The molecule has 0 saturated carbocycles. The molecule has 0 spiro atoms. The van der Waals surface area contributed by atoms with E-state index in [1.165, 1.54) is 23.1 Å². The highest BCUT2D eigenvalue weighted by Gasteiger charge is 2.36. The third-order valence-electron chi connectivity index (χ3n) is 4.07. The first-order valence-electron chi connectivity index (χ1n) is 7.67. The molecule has 0 saturated heterocycles. The summed E-state index contributed by atoms with van der Waals surface area (Å²) in [5, 5.41) is 4.78. The van der Waals surface area contributed by atoms with E-state index in [2.05, 4.69) is 10.6 Å². The summed E-state index contributed by atoms with van der Waals surface area (Å²) in [5.74, 6) is -2.66. The molecule has 0 aromatic heterocycles. The first kappa shape index (κ1) is 16.6. The van der Waals surface area contributed by atoms with Crippen molar-refractivity contribution in [3.8, 4) is 0 Å². The van der Waals surface area contributed by atoms with Gasteiger partial charge >= 0.3 is 11.8 Å². The highest BCUT2D eigenvalue weighted by atomic mass is 19.1. The fourth-order valence-corrected chi connectivity index (χ4v) is 2.72. The number of amides is 3. The van der Waals surface area contributed by atoms with E-state index in [4.69, 9.17) is 0 Å². The number of anilines is 1. The predicted molar refractivity (Wildman–Crippen MR) is 89.0 cm³/mol. The quantitative estimate of drug-likeness (QED) is 0.826. The largest absolute Gasteiger partial charge is 0.344 e. The highest BCUT2D eigenvalue weighted by Crippen LogP contribution is 2.34. The van der Waals surface area contributed by atoms with Crippen molar-refractivity contribution in [1.29, 1.82) is 0 Å². The number of hydrogen-bond acceptors (Lipinski definition) is 3. The molecule has 2 N–H and O–H groups in total. The Kier molecular flexibility index (Phi) is 4.47. The molecular weight excluding hydrogens is 325 g/mol. The van der Waals surface area contributed by atoms with Crippen molar-refractivity contribution in [3.05, 3.63) is 65.5 Å². The van der Waals surface area contributed by atoms with Gasteiger partial charge in [0.25, 0.3) is 5.91 Å². The van der Waals surface area contributed by atoms with Crippen molar-refractivity contribution >= 4 is 23.4 Å². The zero-order valence-corrected chi connectivity index (χ0v) is 13.5. The van der Waals surface area contributed by atoms with Crippen LogP contribution in [0.3, 0.4) is 0 Å². The van der Waals surface area contributed by atoms with E-state index in [0.29, 0.717) is 11.3 Å². The van der Waals surface area contributed by atoms with Gasteiger partial charge in [-0.25, -0.2) is 4.39 Å². The molecule has 3 rings (SSSR count). The molecule has 0 radical (unpaired) electrons. The van der Waals surface area contributed by atoms with E-state index in [-0.39, 0.29) is 18.0 Å². The molecular formula is C18H16FN3O3. The third-order valence-corrected chi connectivity index (χ3v) is 4.07. The SMILES string of the molecule is CN1C(=O)[C@@H](NC(=O)C(=O)NCc2ccccc2F)c2ccccc21. The van der Waals surface area contributed by atoms with E-state index >= 15 is 0 Å². The fraction of sp³-hybridized carbons (Fsp3) is 0.167. The molecule has 1 aliphatic heterocycles. The summed E-state index contributed by atoms with van der Waals surface area (Å²) in [5.41, 5.74) is 1.58. The van der Waals surface area contributed by atoms with E-state index in [1.54, 1.807) is 37.4 Å². The molecule has 1 aliphatic rings. The molecule has 0 bridgehead atoms. The number of rotatable bonds is 3. The van der Waals surface area contributed by atoms with Gasteiger partial charge in [-0.1, -0.05) is 36.4 Å². The number of halogens is 1. The minimum atomic E-state index is -0.945. The van der Waals surface area contributed by atoms with Crippen LogP contribution in [-0.4, -0.2) is 24.8 Å². The van der Waals surface area contributed by atoms with Gasteiger partial charge in [-0.15, -0.1) is 0 Å². The second-order valence-electron chi connectivity index (χ2n) is 5.64. The average Bonchev–Trinajstić information content (AvgIpc) is 2.86. The molecule has 0 unspecified atom stereocenters. The summed E-state index contributed by atoms with van der Waals surface area (Å²) in [6.07, 6.45) is 0. The van der Waals surface area contributed by atoms with Gasteiger partial charge in [0.1, 0.15) is 11.9 Å². The standard InChI is InChI=1S/C18H16FN3O3/c1-22-14-9-5-3-7-12(14)15(18(22)25)21-17(24)16(23)20-10-11-6-2-4-8-13(11)19/h2-9,15H,10H2,1H3,(H,20,23)(H,21,24)/t15-/m0/s1. The van der Waals surface area contributed by atoms with E-state index < -0.39 is 23.7 Å². The predicted octanol–water partition coefficient (Wildman–Crippen LogP) is 1.28. The van der Waals surface area contributed by atoms with Crippen LogP contribution in [0.25, 0.3) is 0 Å². The molecule has 2 aromatic rings. The number of carbonyl (C=O) groups is 3. The Morgan fingerprint density at radius 1 is 1.08 bits per heavy atom. The molecule has 25 heavy (non-hydrogen) atoms. The lowest BCUT2D eigenvalue weighted by Crippen LogP contribution is -2.43. The second kappa shape index (κ2) is 6.72. The lowest BCUT2D eigenvalue weighted by atomic mass is 10.1. The van der Waals surface area contributed by atoms with Gasteiger partial charge in [0.15, 0.2) is 0 Å². The molecule has 1 heterocycles. The van der Waals surface area contributed by atoms with Crippen LogP contribution in [0.15, 0.2) is 48.5 Å². The summed E-state index contributed by atoms with van der Waals surface area (Å²) in [6.45, 7) is -0.117. The molecule has 1 atom stereocenters. The van der Waals surface area contributed by atoms with E-state index in [1.807, 2.05) is 0 Å². The summed E-state index contributed by atoms with van der Waals surface area (Å²) in [7, 11) is 1.60. The van der Waals surface area contributed by atoms with Gasteiger partial charge in [0.05, 0.1) is 0 Å². The van der Waals surface area contributed by atoms with Gasteiger partial charge in [-0.05, 0) is 12.1 Å². The molecule has 2 aromatic carbocycles. The van der Waals surface area contributed by atoms with Gasteiger partial charge in [-0.3, -0.25) is 14.4 Å². The average molecular weight is 341 g/mol. The number of benzene rings is 2. The first-order valence-corrected chi connectivity index (χ1v) is 7.67. The Morgan fingerprint density at radius 3 is 2.52 bits per heavy atom. The normalized spacial score (nSPS) is 15.7. The van der Waals surface area contributed by atoms with Crippen LogP contribution in [0.2, 0.25) is 0 Å². The monoisotopic (exact) mass is 341 g/mol. The number of carbonyl (C=O) groups excluding carboxylic acids is 3. The molecule has 0 fully saturated rings. The van der Waals surface area contributed by atoms with Gasteiger partial charge < -0.3 is 15.5 Å². The van der Waals surface area contributed by atoms with Crippen LogP contribution in [0.4, 0.5) is 10.1 Å². The van der Waals surface area contributed by atoms with Crippen molar-refractivity contribution in [2.24, 2.45) is 0 Å². The zero-order chi connectivity index (χ0) is 18.0.